The maximum absolute atomic E-state index is 11.6. The second kappa shape index (κ2) is 7.09. The molecule has 0 aliphatic carbocycles. The van der Waals surface area contributed by atoms with Gasteiger partial charge in [-0.2, -0.15) is 0 Å². The Morgan fingerprint density at radius 3 is 2.71 bits per heavy atom. The second-order valence-corrected chi connectivity index (χ2v) is 5.29. The number of nitrogens with one attached hydrogen (secondary N) is 1. The Balaban J connectivity index is 2.07. The summed E-state index contributed by atoms with van der Waals surface area (Å²) in [5, 5.41) is 5.09. The minimum Gasteiger partial charge on any atom is -0.493 e. The maximum atomic E-state index is 11.6. The predicted octanol–water partition coefficient (Wildman–Crippen LogP) is 2.59. The summed E-state index contributed by atoms with van der Waals surface area (Å²) in [5.74, 6) is 0.758. The number of benzene rings is 2. The van der Waals surface area contributed by atoms with Crippen LogP contribution >= 0.6 is 0 Å². The largest absolute Gasteiger partial charge is 0.493 e. The van der Waals surface area contributed by atoms with Gasteiger partial charge < -0.3 is 15.8 Å². The zero-order chi connectivity index (χ0) is 15.2. The van der Waals surface area contributed by atoms with E-state index in [0.717, 1.165) is 22.1 Å². The van der Waals surface area contributed by atoms with Gasteiger partial charge in [0.1, 0.15) is 5.75 Å². The lowest BCUT2D eigenvalue weighted by Gasteiger charge is -2.13. The number of fused-ring (bicyclic) bond motifs is 1. The number of rotatable bonds is 6. The summed E-state index contributed by atoms with van der Waals surface area (Å²) >= 11 is 0. The molecule has 1 amide bonds. The normalized spacial score (nSPS) is 10.9. The van der Waals surface area contributed by atoms with Gasteiger partial charge in [0.15, 0.2) is 0 Å². The van der Waals surface area contributed by atoms with Crippen LogP contribution in [-0.2, 0) is 11.3 Å². The first-order valence-electron chi connectivity index (χ1n) is 7.24. The van der Waals surface area contributed by atoms with Crippen molar-refractivity contribution in [1.82, 2.24) is 5.32 Å². The molecule has 4 nitrogen and oxygen atoms in total. The topological polar surface area (TPSA) is 64.3 Å². The lowest BCUT2D eigenvalue weighted by atomic mass is 10.0. The molecule has 0 spiro atoms. The predicted molar refractivity (Wildman–Crippen MR) is 85.2 cm³/mol. The minimum atomic E-state index is 0.0000811. The number of carbonyl (C=O) groups excluding carboxylic acids is 1. The molecule has 0 radical (unpaired) electrons. The van der Waals surface area contributed by atoms with Crippen LogP contribution in [0.3, 0.4) is 0 Å². The third-order valence-corrected chi connectivity index (χ3v) is 3.24. The van der Waals surface area contributed by atoms with Gasteiger partial charge in [-0.25, -0.2) is 0 Å². The van der Waals surface area contributed by atoms with Gasteiger partial charge in [0.05, 0.1) is 13.0 Å². The fourth-order valence-corrected chi connectivity index (χ4v) is 2.31. The molecule has 0 saturated heterocycles. The van der Waals surface area contributed by atoms with Crippen molar-refractivity contribution >= 4 is 16.7 Å². The molecule has 0 atom stereocenters. The Morgan fingerprint density at radius 2 is 2.00 bits per heavy atom. The number of amides is 1. The first-order chi connectivity index (χ1) is 10.1. The number of hydrogen-bond acceptors (Lipinski definition) is 3. The SMILES string of the molecule is CC(C)NC(=O)CCOc1ccc2ccccc2c1CN. The van der Waals surface area contributed by atoms with Gasteiger partial charge in [-0.3, -0.25) is 4.79 Å². The summed E-state index contributed by atoms with van der Waals surface area (Å²) in [4.78, 5) is 11.6. The highest BCUT2D eigenvalue weighted by atomic mass is 16.5. The molecular formula is C17H22N2O2. The van der Waals surface area contributed by atoms with E-state index in [4.69, 9.17) is 10.5 Å². The van der Waals surface area contributed by atoms with Crippen LogP contribution in [0.5, 0.6) is 5.75 Å². The third kappa shape index (κ3) is 3.95. The number of ether oxygens (including phenoxy) is 1. The summed E-state index contributed by atoms with van der Waals surface area (Å²) in [5.41, 5.74) is 6.84. The van der Waals surface area contributed by atoms with E-state index in [1.165, 1.54) is 0 Å². The highest BCUT2D eigenvalue weighted by Gasteiger charge is 2.08. The van der Waals surface area contributed by atoms with Gasteiger partial charge in [-0.1, -0.05) is 30.3 Å². The summed E-state index contributed by atoms with van der Waals surface area (Å²) in [7, 11) is 0. The van der Waals surface area contributed by atoms with Crippen molar-refractivity contribution in [3.8, 4) is 5.75 Å². The van der Waals surface area contributed by atoms with Gasteiger partial charge in [0, 0.05) is 18.2 Å². The highest BCUT2D eigenvalue weighted by Crippen LogP contribution is 2.27. The molecule has 2 aromatic carbocycles. The van der Waals surface area contributed by atoms with E-state index in [1.807, 2.05) is 50.2 Å². The van der Waals surface area contributed by atoms with Crippen LogP contribution in [0.2, 0.25) is 0 Å². The summed E-state index contributed by atoms with van der Waals surface area (Å²) < 4.78 is 5.75. The van der Waals surface area contributed by atoms with Crippen molar-refractivity contribution < 1.29 is 9.53 Å². The summed E-state index contributed by atoms with van der Waals surface area (Å²) in [6, 6.07) is 12.2. The van der Waals surface area contributed by atoms with Gasteiger partial charge in [0.2, 0.25) is 5.91 Å². The molecule has 4 heteroatoms. The molecule has 0 bridgehead atoms. The van der Waals surface area contributed by atoms with Gasteiger partial charge in [0.25, 0.3) is 0 Å². The van der Waals surface area contributed by atoms with Crippen LogP contribution in [0.4, 0.5) is 0 Å². The highest BCUT2D eigenvalue weighted by molar-refractivity contribution is 5.87. The fourth-order valence-electron chi connectivity index (χ4n) is 2.31. The first-order valence-corrected chi connectivity index (χ1v) is 7.24. The minimum absolute atomic E-state index is 0.0000811. The van der Waals surface area contributed by atoms with Crippen molar-refractivity contribution in [2.75, 3.05) is 6.61 Å². The summed E-state index contributed by atoms with van der Waals surface area (Å²) in [6.07, 6.45) is 0.342. The molecule has 0 heterocycles. The van der Waals surface area contributed by atoms with Crippen LogP contribution in [0.25, 0.3) is 10.8 Å². The van der Waals surface area contributed by atoms with Crippen molar-refractivity contribution in [2.45, 2.75) is 32.9 Å². The molecule has 0 aliphatic heterocycles. The molecule has 2 rings (SSSR count). The van der Waals surface area contributed by atoms with E-state index < -0.39 is 0 Å². The zero-order valence-corrected chi connectivity index (χ0v) is 12.6. The molecule has 0 aromatic heterocycles. The molecule has 3 N–H and O–H groups in total. The van der Waals surface area contributed by atoms with E-state index in [9.17, 15) is 4.79 Å². The van der Waals surface area contributed by atoms with Gasteiger partial charge in [-0.05, 0) is 30.7 Å². The Hall–Kier alpha value is -2.07. The molecule has 21 heavy (non-hydrogen) atoms. The average Bonchev–Trinajstić information content (AvgIpc) is 2.46. The molecule has 112 valence electrons. The van der Waals surface area contributed by atoms with Gasteiger partial charge in [-0.15, -0.1) is 0 Å². The van der Waals surface area contributed by atoms with Crippen LogP contribution in [0.15, 0.2) is 36.4 Å². The third-order valence-electron chi connectivity index (χ3n) is 3.24. The zero-order valence-electron chi connectivity index (χ0n) is 12.6. The second-order valence-electron chi connectivity index (χ2n) is 5.29. The van der Waals surface area contributed by atoms with E-state index >= 15 is 0 Å². The van der Waals surface area contributed by atoms with Crippen molar-refractivity contribution in [3.63, 3.8) is 0 Å². The molecular weight excluding hydrogens is 264 g/mol. The van der Waals surface area contributed by atoms with Crippen LogP contribution in [0, 0.1) is 0 Å². The number of hydrogen-bond donors (Lipinski definition) is 2. The lowest BCUT2D eigenvalue weighted by Crippen LogP contribution is -2.31. The quantitative estimate of drug-likeness (QED) is 0.858. The van der Waals surface area contributed by atoms with Crippen molar-refractivity contribution in [1.29, 1.82) is 0 Å². The molecule has 0 unspecified atom stereocenters. The smallest absolute Gasteiger partial charge is 0.223 e. The van der Waals surface area contributed by atoms with Crippen LogP contribution in [0.1, 0.15) is 25.8 Å². The maximum Gasteiger partial charge on any atom is 0.223 e. The Kier molecular flexibility index (Phi) is 5.17. The van der Waals surface area contributed by atoms with Crippen molar-refractivity contribution in [2.24, 2.45) is 5.73 Å². The van der Waals surface area contributed by atoms with E-state index in [2.05, 4.69) is 5.32 Å². The average molecular weight is 286 g/mol. The molecule has 0 fully saturated rings. The van der Waals surface area contributed by atoms with Crippen LogP contribution < -0.4 is 15.8 Å². The van der Waals surface area contributed by atoms with Gasteiger partial charge >= 0.3 is 0 Å². The number of carbonyl (C=O) groups is 1. The van der Waals surface area contributed by atoms with E-state index in [-0.39, 0.29) is 11.9 Å². The summed E-state index contributed by atoms with van der Waals surface area (Å²) in [6.45, 7) is 4.64. The lowest BCUT2D eigenvalue weighted by molar-refractivity contribution is -0.122. The standard InChI is InChI=1S/C17H22N2O2/c1-12(2)19-17(20)9-10-21-16-8-7-13-5-3-4-6-14(13)15(16)11-18/h3-8,12H,9-11,18H2,1-2H3,(H,19,20). The van der Waals surface area contributed by atoms with E-state index in [1.54, 1.807) is 0 Å². The fraction of sp³-hybridized carbons (Fsp3) is 0.353. The van der Waals surface area contributed by atoms with Crippen molar-refractivity contribution in [3.05, 3.63) is 42.0 Å². The Bertz CT molecular complexity index is 623. The van der Waals surface area contributed by atoms with Crippen LogP contribution in [-0.4, -0.2) is 18.6 Å². The first kappa shape index (κ1) is 15.3. The molecule has 0 aliphatic rings. The molecule has 2 aromatic rings. The Labute approximate surface area is 125 Å². The monoisotopic (exact) mass is 286 g/mol. The van der Waals surface area contributed by atoms with E-state index in [0.29, 0.717) is 19.6 Å². The molecule has 0 saturated carbocycles. The Morgan fingerprint density at radius 1 is 1.24 bits per heavy atom. The number of nitrogens with two attached hydrogens (primary N) is 1.